The lowest BCUT2D eigenvalue weighted by Crippen LogP contribution is -2.44. The maximum atomic E-state index is 12.4. The Hall–Kier alpha value is -3.10. The standard InChI is InChI=1S/C19H17N3O4S/c1-22-15-5-3-2-4-14(15)19(23)21-18(22)17-11-10-16(26-17)12-6-8-13(9-7-12)27(20,24)25/h2-11,18H,1H3,(H,21,23)(H2,20,24,25)/t18-/m0/s1. The average Bonchev–Trinajstić information content (AvgIpc) is 3.14. The molecule has 0 bridgehead atoms. The van der Waals surface area contributed by atoms with Crippen molar-refractivity contribution in [3.05, 3.63) is 72.0 Å². The summed E-state index contributed by atoms with van der Waals surface area (Å²) in [7, 11) is -1.86. The molecular weight excluding hydrogens is 366 g/mol. The van der Waals surface area contributed by atoms with Crippen LogP contribution in [-0.4, -0.2) is 21.4 Å². The number of fused-ring (bicyclic) bond motifs is 1. The SMILES string of the molecule is CN1c2ccccc2C(=O)N[C@@H]1c1ccc(-c2ccc(S(N)(=O)=O)cc2)o1. The van der Waals surface area contributed by atoms with Gasteiger partial charge in [0.1, 0.15) is 11.5 Å². The van der Waals surface area contributed by atoms with E-state index in [1.54, 1.807) is 30.3 Å². The quantitative estimate of drug-likeness (QED) is 0.723. The molecule has 0 saturated heterocycles. The molecule has 0 aliphatic carbocycles. The number of primary sulfonamides is 1. The number of carbonyl (C=O) groups excluding carboxylic acids is 1. The number of nitrogens with zero attached hydrogens (tertiary/aromatic N) is 1. The molecular formula is C19H17N3O4S. The molecule has 0 unspecified atom stereocenters. The highest BCUT2D eigenvalue weighted by Gasteiger charge is 2.31. The Labute approximate surface area is 156 Å². The zero-order valence-electron chi connectivity index (χ0n) is 14.4. The summed E-state index contributed by atoms with van der Waals surface area (Å²) in [6.07, 6.45) is -0.440. The number of amides is 1. The Balaban J connectivity index is 1.64. The maximum Gasteiger partial charge on any atom is 0.255 e. The van der Waals surface area contributed by atoms with Crippen molar-refractivity contribution in [3.8, 4) is 11.3 Å². The molecule has 1 atom stereocenters. The van der Waals surface area contributed by atoms with Gasteiger partial charge < -0.3 is 14.6 Å². The Kier molecular flexibility index (Phi) is 4.01. The van der Waals surface area contributed by atoms with Crippen LogP contribution in [0.4, 0.5) is 5.69 Å². The average molecular weight is 383 g/mol. The molecule has 2 aromatic carbocycles. The maximum absolute atomic E-state index is 12.4. The van der Waals surface area contributed by atoms with Crippen molar-refractivity contribution < 1.29 is 17.6 Å². The topological polar surface area (TPSA) is 106 Å². The number of nitrogens with one attached hydrogen (secondary N) is 1. The van der Waals surface area contributed by atoms with Crippen molar-refractivity contribution >= 4 is 21.6 Å². The van der Waals surface area contributed by atoms with Crippen LogP contribution < -0.4 is 15.4 Å². The summed E-state index contributed by atoms with van der Waals surface area (Å²) >= 11 is 0. The normalized spacial score (nSPS) is 16.7. The van der Waals surface area contributed by atoms with Crippen LogP contribution in [0.1, 0.15) is 22.3 Å². The molecule has 3 aromatic rings. The zero-order valence-corrected chi connectivity index (χ0v) is 15.2. The summed E-state index contributed by atoms with van der Waals surface area (Å²) in [5.41, 5.74) is 2.14. The highest BCUT2D eigenvalue weighted by atomic mass is 32.2. The second kappa shape index (κ2) is 6.26. The summed E-state index contributed by atoms with van der Waals surface area (Å²) in [5, 5.41) is 8.05. The van der Waals surface area contributed by atoms with Gasteiger partial charge in [-0.25, -0.2) is 13.6 Å². The first-order valence-electron chi connectivity index (χ1n) is 8.20. The summed E-state index contributed by atoms with van der Waals surface area (Å²) in [6, 6.07) is 17.0. The van der Waals surface area contributed by atoms with Crippen LogP contribution in [-0.2, 0) is 10.0 Å². The number of anilines is 1. The molecule has 1 aliphatic heterocycles. The van der Waals surface area contributed by atoms with Crippen LogP contribution in [0.2, 0.25) is 0 Å². The second-order valence-corrected chi connectivity index (χ2v) is 7.84. The van der Waals surface area contributed by atoms with Gasteiger partial charge in [-0.15, -0.1) is 0 Å². The van der Waals surface area contributed by atoms with Crippen LogP contribution >= 0.6 is 0 Å². The highest BCUT2D eigenvalue weighted by Crippen LogP contribution is 2.34. The lowest BCUT2D eigenvalue weighted by atomic mass is 10.1. The number of hydrogen-bond acceptors (Lipinski definition) is 5. The van der Waals surface area contributed by atoms with Crippen molar-refractivity contribution in [1.29, 1.82) is 0 Å². The van der Waals surface area contributed by atoms with E-state index in [1.807, 2.05) is 30.1 Å². The predicted octanol–water partition coefficient (Wildman–Crippen LogP) is 2.47. The van der Waals surface area contributed by atoms with Gasteiger partial charge in [-0.1, -0.05) is 12.1 Å². The van der Waals surface area contributed by atoms with Crippen LogP contribution in [0, 0.1) is 0 Å². The third-order valence-corrected chi connectivity index (χ3v) is 5.48. The molecule has 138 valence electrons. The van der Waals surface area contributed by atoms with Crippen molar-refractivity contribution in [2.24, 2.45) is 5.14 Å². The third kappa shape index (κ3) is 3.09. The van der Waals surface area contributed by atoms with Crippen molar-refractivity contribution in [2.45, 2.75) is 11.1 Å². The van der Waals surface area contributed by atoms with E-state index < -0.39 is 16.2 Å². The van der Waals surface area contributed by atoms with Crippen LogP contribution in [0.3, 0.4) is 0 Å². The molecule has 7 nitrogen and oxygen atoms in total. The van der Waals surface area contributed by atoms with E-state index in [0.717, 1.165) is 5.69 Å². The summed E-state index contributed by atoms with van der Waals surface area (Å²) in [4.78, 5) is 14.3. The molecule has 0 radical (unpaired) electrons. The fourth-order valence-electron chi connectivity index (χ4n) is 3.14. The number of hydrogen-bond donors (Lipinski definition) is 2. The Morgan fingerprint density at radius 2 is 1.74 bits per heavy atom. The molecule has 3 N–H and O–H groups in total. The van der Waals surface area contributed by atoms with Crippen molar-refractivity contribution in [3.63, 3.8) is 0 Å². The number of carbonyl (C=O) groups is 1. The van der Waals surface area contributed by atoms with E-state index in [9.17, 15) is 13.2 Å². The van der Waals surface area contributed by atoms with Crippen LogP contribution in [0.25, 0.3) is 11.3 Å². The van der Waals surface area contributed by atoms with Crippen LogP contribution in [0.5, 0.6) is 0 Å². The van der Waals surface area contributed by atoms with E-state index in [-0.39, 0.29) is 10.8 Å². The molecule has 1 aliphatic rings. The van der Waals surface area contributed by atoms with Gasteiger partial charge in [0, 0.05) is 12.6 Å². The number of para-hydroxylation sites is 1. The number of nitrogens with two attached hydrogens (primary N) is 1. The van der Waals surface area contributed by atoms with E-state index in [1.165, 1.54) is 12.1 Å². The fraction of sp³-hybridized carbons (Fsp3) is 0.105. The van der Waals surface area contributed by atoms with E-state index in [0.29, 0.717) is 22.6 Å². The van der Waals surface area contributed by atoms with Gasteiger partial charge in [-0.2, -0.15) is 0 Å². The molecule has 1 amide bonds. The van der Waals surface area contributed by atoms with Gasteiger partial charge in [0.2, 0.25) is 10.0 Å². The first-order chi connectivity index (χ1) is 12.8. The van der Waals surface area contributed by atoms with Crippen molar-refractivity contribution in [2.75, 3.05) is 11.9 Å². The van der Waals surface area contributed by atoms with Gasteiger partial charge in [0.05, 0.1) is 16.1 Å². The monoisotopic (exact) mass is 383 g/mol. The Bertz CT molecular complexity index is 1120. The molecule has 1 aromatic heterocycles. The van der Waals surface area contributed by atoms with Crippen LogP contribution in [0.15, 0.2) is 70.0 Å². The minimum atomic E-state index is -3.74. The lowest BCUT2D eigenvalue weighted by Gasteiger charge is -2.34. The van der Waals surface area contributed by atoms with Gasteiger partial charge in [0.15, 0.2) is 6.17 Å². The van der Waals surface area contributed by atoms with E-state index in [2.05, 4.69) is 5.32 Å². The first-order valence-corrected chi connectivity index (χ1v) is 9.75. The second-order valence-electron chi connectivity index (χ2n) is 6.28. The highest BCUT2D eigenvalue weighted by molar-refractivity contribution is 7.89. The van der Waals surface area contributed by atoms with E-state index >= 15 is 0 Å². The first kappa shape index (κ1) is 17.3. The number of sulfonamides is 1. The minimum absolute atomic E-state index is 0.0360. The van der Waals surface area contributed by atoms with Crippen molar-refractivity contribution in [1.82, 2.24) is 5.32 Å². The predicted molar refractivity (Wildman–Crippen MR) is 101 cm³/mol. The molecule has 0 fully saturated rings. The fourth-order valence-corrected chi connectivity index (χ4v) is 3.65. The summed E-state index contributed by atoms with van der Waals surface area (Å²) in [6.45, 7) is 0. The molecule has 0 saturated carbocycles. The smallest absolute Gasteiger partial charge is 0.255 e. The van der Waals surface area contributed by atoms with Gasteiger partial charge >= 0.3 is 0 Å². The molecule has 4 rings (SSSR count). The lowest BCUT2D eigenvalue weighted by molar-refractivity contribution is 0.0922. The Morgan fingerprint density at radius 3 is 2.44 bits per heavy atom. The van der Waals surface area contributed by atoms with Gasteiger partial charge in [-0.05, 0) is 48.5 Å². The molecule has 2 heterocycles. The minimum Gasteiger partial charge on any atom is -0.457 e. The largest absolute Gasteiger partial charge is 0.457 e. The number of rotatable bonds is 3. The number of benzene rings is 2. The van der Waals surface area contributed by atoms with E-state index in [4.69, 9.17) is 9.56 Å². The molecule has 8 heteroatoms. The Morgan fingerprint density at radius 1 is 1.04 bits per heavy atom. The third-order valence-electron chi connectivity index (χ3n) is 4.55. The van der Waals surface area contributed by atoms with Gasteiger partial charge in [-0.3, -0.25) is 4.79 Å². The summed E-state index contributed by atoms with van der Waals surface area (Å²) < 4.78 is 28.7. The van der Waals surface area contributed by atoms with Gasteiger partial charge in [0.25, 0.3) is 5.91 Å². The molecule has 27 heavy (non-hydrogen) atoms. The number of furan rings is 1. The zero-order chi connectivity index (χ0) is 19.2. The summed E-state index contributed by atoms with van der Waals surface area (Å²) in [5.74, 6) is 0.975. The molecule has 0 spiro atoms.